The maximum Gasteiger partial charge on any atom is 0.312 e. The molecule has 2 heterocycles. The summed E-state index contributed by atoms with van der Waals surface area (Å²) in [6, 6.07) is 11.2. The Bertz CT molecular complexity index is 1790. The number of hydrogen-bond donors (Lipinski definition) is 2. The van der Waals surface area contributed by atoms with E-state index < -0.39 is 44.3 Å². The Hall–Kier alpha value is -3.08. The molecule has 2 N–H and O–H groups in total. The third kappa shape index (κ3) is 7.04. The predicted octanol–water partition coefficient (Wildman–Crippen LogP) is 6.59. The highest BCUT2D eigenvalue weighted by Gasteiger charge is 2.52. The van der Waals surface area contributed by atoms with Gasteiger partial charge in [-0.1, -0.05) is 36.7 Å². The minimum absolute atomic E-state index is 0.00734. The van der Waals surface area contributed by atoms with E-state index in [-0.39, 0.29) is 28.7 Å². The fraction of sp³-hybridized carbons (Fsp3) is 0.590. The van der Waals surface area contributed by atoms with Crippen molar-refractivity contribution in [2.75, 3.05) is 24.6 Å². The number of fused-ring (bicyclic) bond motifs is 4. The topological polar surface area (TPSA) is 122 Å². The van der Waals surface area contributed by atoms with Gasteiger partial charge in [-0.2, -0.15) is 0 Å². The minimum Gasteiger partial charge on any atom is -0.490 e. The third-order valence-corrected chi connectivity index (χ3v) is 13.8. The van der Waals surface area contributed by atoms with Crippen molar-refractivity contribution < 1.29 is 32.6 Å². The van der Waals surface area contributed by atoms with Gasteiger partial charge in [-0.05, 0) is 132 Å². The number of aliphatic hydroxyl groups is 1. The normalized spacial score (nSPS) is 32.2. The molecule has 7 atom stereocenters. The van der Waals surface area contributed by atoms with Gasteiger partial charge < -0.3 is 19.5 Å². The molecule has 2 bridgehead atoms. The number of halogens is 1. The minimum atomic E-state index is -4.05. The molecule has 1 saturated carbocycles. The summed E-state index contributed by atoms with van der Waals surface area (Å²) < 4.78 is 41.6. The molecule has 2 aliphatic heterocycles. The molecular weight excluding hydrogens is 676 g/mol. The van der Waals surface area contributed by atoms with Gasteiger partial charge in [0.15, 0.2) is 0 Å². The Balaban J connectivity index is 1.46. The highest BCUT2D eigenvalue weighted by atomic mass is 35.5. The van der Waals surface area contributed by atoms with Crippen LogP contribution in [0.1, 0.15) is 95.1 Å². The number of sulfonamides is 1. The number of amides is 1. The maximum absolute atomic E-state index is 13.5. The van der Waals surface area contributed by atoms with Crippen molar-refractivity contribution in [3.05, 3.63) is 70.3 Å². The second-order valence-corrected chi connectivity index (χ2v) is 18.6. The predicted molar refractivity (Wildman–Crippen MR) is 195 cm³/mol. The first-order valence-corrected chi connectivity index (χ1v) is 19.8. The van der Waals surface area contributed by atoms with Crippen molar-refractivity contribution in [1.82, 2.24) is 4.72 Å². The number of nitrogens with one attached hydrogen (secondary N) is 1. The smallest absolute Gasteiger partial charge is 0.312 e. The van der Waals surface area contributed by atoms with Crippen LogP contribution in [0, 0.1) is 23.7 Å². The molecule has 6 rings (SSSR count). The summed E-state index contributed by atoms with van der Waals surface area (Å²) in [7, 11) is -4.05. The van der Waals surface area contributed by atoms with E-state index in [9.17, 15) is 23.1 Å². The van der Waals surface area contributed by atoms with Crippen molar-refractivity contribution in [2.45, 2.75) is 102 Å². The van der Waals surface area contributed by atoms with Gasteiger partial charge >= 0.3 is 5.97 Å². The number of carbonyl (C=O) groups excluding carboxylic acids is 2. The van der Waals surface area contributed by atoms with E-state index in [0.717, 1.165) is 25.7 Å². The second-order valence-electron chi connectivity index (χ2n) is 16.2. The van der Waals surface area contributed by atoms with Gasteiger partial charge in [-0.3, -0.25) is 9.59 Å². The molecule has 1 fully saturated rings. The highest BCUT2D eigenvalue weighted by Crippen LogP contribution is 2.50. The molecule has 4 aliphatic rings. The molecule has 1 spiro atoms. The second kappa shape index (κ2) is 13.5. The van der Waals surface area contributed by atoms with Crippen LogP contribution >= 0.6 is 11.6 Å². The summed E-state index contributed by atoms with van der Waals surface area (Å²) in [6.07, 6.45) is 8.17. The molecule has 11 heteroatoms. The molecule has 9 nitrogen and oxygen atoms in total. The Morgan fingerprint density at radius 1 is 1.16 bits per heavy atom. The van der Waals surface area contributed by atoms with Crippen LogP contribution in [0.3, 0.4) is 0 Å². The van der Waals surface area contributed by atoms with Crippen LogP contribution in [0.15, 0.2) is 48.6 Å². The molecule has 2 aromatic carbocycles. The molecule has 2 aromatic rings. The van der Waals surface area contributed by atoms with Gasteiger partial charge in [0, 0.05) is 29.1 Å². The van der Waals surface area contributed by atoms with Crippen LogP contribution in [0.2, 0.25) is 5.02 Å². The zero-order valence-electron chi connectivity index (χ0n) is 30.0. The van der Waals surface area contributed by atoms with Gasteiger partial charge in [-0.25, -0.2) is 13.1 Å². The third-order valence-electron chi connectivity index (χ3n) is 11.6. The molecule has 2 aliphatic carbocycles. The van der Waals surface area contributed by atoms with E-state index in [1.165, 1.54) is 11.1 Å². The summed E-state index contributed by atoms with van der Waals surface area (Å²) in [4.78, 5) is 29.3. The van der Waals surface area contributed by atoms with Crippen LogP contribution in [-0.2, 0) is 31.4 Å². The van der Waals surface area contributed by atoms with Crippen molar-refractivity contribution in [1.29, 1.82) is 0 Å². The molecular formula is C39H51ClN2O7S. The number of aryl methyl sites for hydroxylation is 1. The Morgan fingerprint density at radius 2 is 1.92 bits per heavy atom. The number of esters is 1. The van der Waals surface area contributed by atoms with Crippen LogP contribution in [0.5, 0.6) is 5.75 Å². The van der Waals surface area contributed by atoms with Crippen molar-refractivity contribution in [3.8, 4) is 5.75 Å². The molecule has 0 radical (unpaired) electrons. The lowest BCUT2D eigenvalue weighted by molar-refractivity contribution is -0.173. The molecule has 272 valence electrons. The lowest BCUT2D eigenvalue weighted by atomic mass is 9.60. The van der Waals surface area contributed by atoms with Crippen LogP contribution in [0.25, 0.3) is 0 Å². The van der Waals surface area contributed by atoms with Gasteiger partial charge in [-0.15, -0.1) is 0 Å². The first-order chi connectivity index (χ1) is 23.4. The van der Waals surface area contributed by atoms with Crippen molar-refractivity contribution >= 4 is 39.2 Å². The zero-order valence-corrected chi connectivity index (χ0v) is 31.6. The average Bonchev–Trinajstić information content (AvgIpc) is 3.17. The summed E-state index contributed by atoms with van der Waals surface area (Å²) in [5.74, 6) is -2.07. The standard InChI is InChI=1S/C39H51ClN2O7S/c1-24-9-7-18-39(45,25(2)36(44)49-37(4,5)6)32-14-11-29(32)21-42-22-38(17-8-10-27-19-30(40)13-15-31(27)38)23-48-34-16-12-28(20-33(34)42)35(43)41-50(46,47)26(24)3/h7,12-13,15-16,18-20,24-26,29,32,45H,8-11,14,17,21-23H2,1-6H3,(H,41,43)/b18-7+/t24-,25-,26+,29-,32+,38-,39+/m0/s1. The molecule has 0 saturated heterocycles. The molecule has 50 heavy (non-hydrogen) atoms. The van der Waals surface area contributed by atoms with E-state index in [1.807, 2.05) is 32.9 Å². The number of anilines is 1. The summed E-state index contributed by atoms with van der Waals surface area (Å²) in [5, 5.41) is 12.4. The number of nitrogens with zero attached hydrogens (tertiary/aromatic N) is 1. The number of benzene rings is 2. The first-order valence-electron chi connectivity index (χ1n) is 17.9. The fourth-order valence-corrected chi connectivity index (χ4v) is 9.83. The quantitative estimate of drug-likeness (QED) is 0.263. The van der Waals surface area contributed by atoms with E-state index >= 15 is 0 Å². The zero-order chi connectivity index (χ0) is 36.2. The number of carbonyl (C=O) groups is 2. The Labute approximate surface area is 301 Å². The van der Waals surface area contributed by atoms with E-state index in [0.29, 0.717) is 49.0 Å². The lowest BCUT2D eigenvalue weighted by Gasteiger charge is -2.50. The maximum atomic E-state index is 13.5. The van der Waals surface area contributed by atoms with Crippen LogP contribution < -0.4 is 14.4 Å². The summed E-state index contributed by atoms with van der Waals surface area (Å²) in [6.45, 7) is 12.1. The highest BCUT2D eigenvalue weighted by molar-refractivity contribution is 7.90. The lowest BCUT2D eigenvalue weighted by Crippen LogP contribution is -2.56. The summed E-state index contributed by atoms with van der Waals surface area (Å²) >= 11 is 6.44. The molecule has 0 aromatic heterocycles. The van der Waals surface area contributed by atoms with Gasteiger partial charge in [0.2, 0.25) is 10.0 Å². The van der Waals surface area contributed by atoms with Gasteiger partial charge in [0.05, 0.1) is 29.1 Å². The van der Waals surface area contributed by atoms with Gasteiger partial charge in [0.25, 0.3) is 5.91 Å². The fourth-order valence-electron chi connectivity index (χ4n) is 8.35. The number of allylic oxidation sites excluding steroid dienone is 1. The van der Waals surface area contributed by atoms with E-state index in [4.69, 9.17) is 21.1 Å². The number of ether oxygens (including phenoxy) is 2. The molecule has 0 unspecified atom stereocenters. The van der Waals surface area contributed by atoms with Crippen molar-refractivity contribution in [2.24, 2.45) is 23.7 Å². The largest absolute Gasteiger partial charge is 0.490 e. The average molecular weight is 727 g/mol. The van der Waals surface area contributed by atoms with E-state index in [2.05, 4.69) is 15.7 Å². The Kier molecular flexibility index (Phi) is 9.89. The van der Waals surface area contributed by atoms with Crippen LogP contribution in [0.4, 0.5) is 5.69 Å². The van der Waals surface area contributed by atoms with E-state index in [1.54, 1.807) is 51.1 Å². The number of hydrogen-bond acceptors (Lipinski definition) is 8. The van der Waals surface area contributed by atoms with Crippen LogP contribution in [-0.4, -0.2) is 61.5 Å². The monoisotopic (exact) mass is 726 g/mol. The molecule has 1 amide bonds. The van der Waals surface area contributed by atoms with Crippen molar-refractivity contribution in [3.63, 3.8) is 0 Å². The first kappa shape index (κ1) is 36.7. The van der Waals surface area contributed by atoms with Gasteiger partial charge in [0.1, 0.15) is 11.4 Å². The SMILES string of the molecule is C[C@@H]1[C@@H](C)C/C=C/[C@@](O)([C@@H](C)C(=O)OC(C)(C)C)[C@@H]2CC[C@H]2CN2C[C@@]3(CCCc4cc(Cl)ccc43)COc3ccc(cc32)C(=O)NS1(=O)=O. The Morgan fingerprint density at radius 3 is 2.62 bits per heavy atom. The summed E-state index contributed by atoms with van der Waals surface area (Å²) in [5.41, 5.74) is 0.697. The number of rotatable bonds is 2.